The highest BCUT2D eigenvalue weighted by atomic mass is 16.3. The van der Waals surface area contributed by atoms with Gasteiger partial charge in [0.2, 0.25) is 5.91 Å². The fourth-order valence-electron chi connectivity index (χ4n) is 1.32. The highest BCUT2D eigenvalue weighted by Crippen LogP contribution is 2.04. The number of aliphatic hydroxyl groups excluding tert-OH is 1. The van der Waals surface area contributed by atoms with Crippen LogP contribution in [0.25, 0.3) is 0 Å². The molecular formula is C11H24N2O2. The lowest BCUT2D eigenvalue weighted by molar-refractivity contribution is -0.129. The molecule has 4 nitrogen and oxygen atoms in total. The van der Waals surface area contributed by atoms with E-state index in [-0.39, 0.29) is 24.6 Å². The molecule has 2 N–H and O–H groups in total. The zero-order chi connectivity index (χ0) is 12.0. The van der Waals surface area contributed by atoms with E-state index in [2.05, 4.69) is 5.32 Å². The Balaban J connectivity index is 4.01. The lowest BCUT2D eigenvalue weighted by Crippen LogP contribution is -2.44. The molecule has 15 heavy (non-hydrogen) atoms. The number of hydrogen-bond donors (Lipinski definition) is 2. The van der Waals surface area contributed by atoms with Crippen molar-refractivity contribution in [2.45, 2.75) is 39.3 Å². The van der Waals surface area contributed by atoms with Crippen molar-refractivity contribution in [1.82, 2.24) is 10.2 Å². The molecule has 0 bridgehead atoms. The van der Waals surface area contributed by atoms with Gasteiger partial charge in [-0.3, -0.25) is 4.79 Å². The van der Waals surface area contributed by atoms with Crippen molar-refractivity contribution in [3.8, 4) is 0 Å². The summed E-state index contributed by atoms with van der Waals surface area (Å²) in [5, 5.41) is 12.4. The van der Waals surface area contributed by atoms with Gasteiger partial charge in [-0.25, -0.2) is 0 Å². The van der Waals surface area contributed by atoms with Gasteiger partial charge in [-0.05, 0) is 12.8 Å². The smallest absolute Gasteiger partial charge is 0.223 e. The van der Waals surface area contributed by atoms with E-state index in [1.165, 1.54) is 0 Å². The van der Waals surface area contributed by atoms with Gasteiger partial charge in [-0.15, -0.1) is 0 Å². The summed E-state index contributed by atoms with van der Waals surface area (Å²) >= 11 is 0. The minimum atomic E-state index is 0.0648. The Kier molecular flexibility index (Phi) is 6.52. The van der Waals surface area contributed by atoms with Crippen LogP contribution in [0.15, 0.2) is 0 Å². The Morgan fingerprint density at radius 2 is 1.87 bits per heavy atom. The average molecular weight is 216 g/mol. The summed E-state index contributed by atoms with van der Waals surface area (Å²) in [6.45, 7) is 6.17. The van der Waals surface area contributed by atoms with E-state index < -0.39 is 0 Å². The van der Waals surface area contributed by atoms with Gasteiger partial charge >= 0.3 is 0 Å². The first-order chi connectivity index (χ1) is 6.88. The van der Waals surface area contributed by atoms with E-state index in [1.54, 1.807) is 19.0 Å². The monoisotopic (exact) mass is 216 g/mol. The molecule has 0 spiro atoms. The topological polar surface area (TPSA) is 52.6 Å². The van der Waals surface area contributed by atoms with Crippen molar-refractivity contribution >= 4 is 5.91 Å². The van der Waals surface area contributed by atoms with Gasteiger partial charge in [-0.2, -0.15) is 0 Å². The van der Waals surface area contributed by atoms with E-state index in [0.717, 1.165) is 0 Å². The maximum absolute atomic E-state index is 11.4. The van der Waals surface area contributed by atoms with Crippen molar-refractivity contribution in [1.29, 1.82) is 0 Å². The quantitative estimate of drug-likeness (QED) is 0.678. The average Bonchev–Trinajstić information content (AvgIpc) is 2.13. The Hall–Kier alpha value is -0.610. The summed E-state index contributed by atoms with van der Waals surface area (Å²) in [5.74, 6) is 0.474. The fourth-order valence-corrected chi connectivity index (χ4v) is 1.32. The summed E-state index contributed by atoms with van der Waals surface area (Å²) in [6, 6.07) is 0.161. The number of hydrogen-bond acceptors (Lipinski definition) is 3. The Bertz CT molecular complexity index is 193. The summed E-state index contributed by atoms with van der Waals surface area (Å²) in [7, 11) is 3.50. The van der Waals surface area contributed by atoms with Gasteiger partial charge in [0.15, 0.2) is 0 Å². The Morgan fingerprint density at radius 3 is 2.20 bits per heavy atom. The summed E-state index contributed by atoms with van der Waals surface area (Å²) in [5.41, 5.74) is 0. The van der Waals surface area contributed by atoms with Crippen LogP contribution in [0.3, 0.4) is 0 Å². The molecule has 0 saturated carbocycles. The maximum Gasteiger partial charge on any atom is 0.223 e. The molecule has 0 aliphatic carbocycles. The second-order valence-corrected chi connectivity index (χ2v) is 4.59. The van der Waals surface area contributed by atoms with Crippen LogP contribution in [-0.4, -0.2) is 48.7 Å². The van der Waals surface area contributed by atoms with Crippen LogP contribution in [0.5, 0.6) is 0 Å². The predicted octanol–water partition coefficient (Wildman–Crippen LogP) is 0.460. The van der Waals surface area contributed by atoms with Gasteiger partial charge in [0, 0.05) is 32.6 Å². The Labute approximate surface area is 92.7 Å². The molecular weight excluding hydrogens is 192 g/mol. The molecule has 1 amide bonds. The summed E-state index contributed by atoms with van der Waals surface area (Å²) in [4.78, 5) is 13.0. The number of rotatable bonds is 6. The van der Waals surface area contributed by atoms with Gasteiger partial charge in [-0.1, -0.05) is 13.8 Å². The first kappa shape index (κ1) is 14.4. The molecule has 0 rings (SSSR count). The lowest BCUT2D eigenvalue weighted by atomic mass is 10.0. The second kappa shape index (κ2) is 6.80. The van der Waals surface area contributed by atoms with Crippen LogP contribution in [0, 0.1) is 5.92 Å². The lowest BCUT2D eigenvalue weighted by Gasteiger charge is -2.25. The SMILES string of the molecule is CC(CC(=O)N(C)C)N[C@H](CO)C(C)C. The number of carbonyl (C=O) groups excluding carboxylic acids is 1. The second-order valence-electron chi connectivity index (χ2n) is 4.59. The van der Waals surface area contributed by atoms with E-state index in [4.69, 9.17) is 5.11 Å². The van der Waals surface area contributed by atoms with Crippen LogP contribution < -0.4 is 5.32 Å². The van der Waals surface area contributed by atoms with Gasteiger partial charge in [0.25, 0.3) is 0 Å². The van der Waals surface area contributed by atoms with Crippen LogP contribution in [0.4, 0.5) is 0 Å². The molecule has 0 aromatic rings. The maximum atomic E-state index is 11.4. The molecule has 0 heterocycles. The van der Waals surface area contributed by atoms with Crippen molar-refractivity contribution in [2.75, 3.05) is 20.7 Å². The predicted molar refractivity (Wildman–Crippen MR) is 61.6 cm³/mol. The molecule has 0 fully saturated rings. The van der Waals surface area contributed by atoms with Crippen LogP contribution in [-0.2, 0) is 4.79 Å². The molecule has 4 heteroatoms. The zero-order valence-electron chi connectivity index (χ0n) is 10.4. The van der Waals surface area contributed by atoms with Crippen LogP contribution in [0.2, 0.25) is 0 Å². The number of nitrogens with one attached hydrogen (secondary N) is 1. The Morgan fingerprint density at radius 1 is 1.33 bits per heavy atom. The minimum absolute atomic E-state index is 0.0648. The molecule has 0 aromatic carbocycles. The number of amides is 1. The first-order valence-electron chi connectivity index (χ1n) is 5.45. The number of nitrogens with zero attached hydrogens (tertiary/aromatic N) is 1. The summed E-state index contributed by atoms with van der Waals surface area (Å²) in [6.07, 6.45) is 0.468. The van der Waals surface area contributed by atoms with Crippen molar-refractivity contribution in [2.24, 2.45) is 5.92 Å². The molecule has 90 valence electrons. The molecule has 0 radical (unpaired) electrons. The van der Waals surface area contributed by atoms with Crippen molar-refractivity contribution in [3.63, 3.8) is 0 Å². The molecule has 2 atom stereocenters. The molecule has 1 unspecified atom stereocenters. The summed E-state index contributed by atoms with van der Waals surface area (Å²) < 4.78 is 0. The molecule has 0 saturated heterocycles. The van der Waals surface area contributed by atoms with Gasteiger partial charge in [0.1, 0.15) is 0 Å². The van der Waals surface area contributed by atoms with Crippen molar-refractivity contribution < 1.29 is 9.90 Å². The third kappa shape index (κ3) is 5.74. The highest BCUT2D eigenvalue weighted by Gasteiger charge is 2.17. The third-order valence-corrected chi connectivity index (χ3v) is 2.48. The van der Waals surface area contributed by atoms with Gasteiger partial charge < -0.3 is 15.3 Å². The van der Waals surface area contributed by atoms with E-state index >= 15 is 0 Å². The third-order valence-electron chi connectivity index (χ3n) is 2.48. The van der Waals surface area contributed by atoms with E-state index in [9.17, 15) is 4.79 Å². The normalized spacial score (nSPS) is 15.1. The number of carbonyl (C=O) groups is 1. The molecule has 0 aliphatic rings. The van der Waals surface area contributed by atoms with Crippen LogP contribution in [0.1, 0.15) is 27.2 Å². The van der Waals surface area contributed by atoms with Gasteiger partial charge in [0.05, 0.1) is 6.61 Å². The van der Waals surface area contributed by atoms with E-state index in [0.29, 0.717) is 12.3 Å². The fraction of sp³-hybridized carbons (Fsp3) is 0.909. The minimum Gasteiger partial charge on any atom is -0.395 e. The van der Waals surface area contributed by atoms with Crippen molar-refractivity contribution in [3.05, 3.63) is 0 Å². The number of aliphatic hydroxyl groups is 1. The largest absolute Gasteiger partial charge is 0.395 e. The first-order valence-corrected chi connectivity index (χ1v) is 5.45. The highest BCUT2D eigenvalue weighted by molar-refractivity contribution is 5.76. The standard InChI is InChI=1S/C11H24N2O2/c1-8(2)10(7-14)12-9(3)6-11(15)13(4)5/h8-10,12,14H,6-7H2,1-5H3/t9?,10-/m1/s1. The van der Waals surface area contributed by atoms with Crippen LogP contribution >= 0.6 is 0 Å². The van der Waals surface area contributed by atoms with E-state index in [1.807, 2.05) is 20.8 Å². The molecule has 0 aromatic heterocycles. The zero-order valence-corrected chi connectivity index (χ0v) is 10.4. The molecule has 0 aliphatic heterocycles.